The van der Waals surface area contributed by atoms with Gasteiger partial charge in [0, 0.05) is 51.9 Å². The third-order valence-corrected chi connectivity index (χ3v) is 5.30. The number of anilines is 1. The summed E-state index contributed by atoms with van der Waals surface area (Å²) in [4.78, 5) is 19.4. The maximum absolute atomic E-state index is 12.7. The minimum absolute atomic E-state index is 0.340. The summed E-state index contributed by atoms with van der Waals surface area (Å²) >= 11 is 0. The van der Waals surface area contributed by atoms with Crippen molar-refractivity contribution < 1.29 is 4.79 Å². The summed E-state index contributed by atoms with van der Waals surface area (Å²) in [7, 11) is 6.28. The van der Waals surface area contributed by atoms with E-state index in [1.54, 1.807) is 0 Å². The number of benzene rings is 1. The average molecular weight is 315 g/mol. The van der Waals surface area contributed by atoms with Crippen molar-refractivity contribution in [3.63, 3.8) is 0 Å². The molecule has 3 fully saturated rings. The third-order valence-electron chi connectivity index (χ3n) is 5.30. The molecular weight excluding hydrogens is 286 g/mol. The van der Waals surface area contributed by atoms with Gasteiger partial charge < -0.3 is 14.7 Å². The van der Waals surface area contributed by atoms with Gasteiger partial charge in [-0.1, -0.05) is 12.1 Å². The van der Waals surface area contributed by atoms with Crippen LogP contribution in [-0.4, -0.2) is 62.5 Å². The Balaban J connectivity index is 1.57. The van der Waals surface area contributed by atoms with Crippen molar-refractivity contribution in [2.45, 2.75) is 31.7 Å². The van der Waals surface area contributed by atoms with Gasteiger partial charge in [-0.3, -0.25) is 4.79 Å². The van der Waals surface area contributed by atoms with Crippen LogP contribution in [0, 0.1) is 5.92 Å². The molecule has 4 heteroatoms. The first-order valence-electron chi connectivity index (χ1n) is 8.77. The summed E-state index contributed by atoms with van der Waals surface area (Å²) in [6, 6.07) is 8.98. The first kappa shape index (κ1) is 16.3. The van der Waals surface area contributed by atoms with E-state index in [2.05, 4.69) is 46.0 Å². The fourth-order valence-corrected chi connectivity index (χ4v) is 3.98. The van der Waals surface area contributed by atoms with E-state index in [9.17, 15) is 4.79 Å². The predicted octanol–water partition coefficient (Wildman–Crippen LogP) is 2.24. The van der Waals surface area contributed by atoms with Gasteiger partial charge in [0.25, 0.3) is 0 Å². The maximum atomic E-state index is 12.7. The van der Waals surface area contributed by atoms with Gasteiger partial charge in [-0.05, 0) is 49.9 Å². The Labute approximate surface area is 140 Å². The van der Waals surface area contributed by atoms with Gasteiger partial charge in [-0.25, -0.2) is 0 Å². The van der Waals surface area contributed by atoms with Crippen molar-refractivity contribution in [1.29, 1.82) is 0 Å². The minimum Gasteiger partial charge on any atom is -0.378 e. The fourth-order valence-electron chi connectivity index (χ4n) is 3.98. The second-order valence-electron chi connectivity index (χ2n) is 7.43. The SMILES string of the molecule is CN1C[C@@H]2CC[C@H](C1)N(C(=O)CCc1ccc(N(C)C)cc1)C2. The number of rotatable bonds is 4. The minimum atomic E-state index is 0.340. The second-order valence-corrected chi connectivity index (χ2v) is 7.43. The number of carbonyl (C=O) groups is 1. The highest BCUT2D eigenvalue weighted by Gasteiger charge is 2.35. The molecule has 0 saturated carbocycles. The first-order chi connectivity index (χ1) is 11.0. The monoisotopic (exact) mass is 315 g/mol. The predicted molar refractivity (Wildman–Crippen MR) is 94.8 cm³/mol. The number of hydrogen-bond acceptors (Lipinski definition) is 3. The lowest BCUT2D eigenvalue weighted by Crippen LogP contribution is -2.47. The Morgan fingerprint density at radius 1 is 1.13 bits per heavy atom. The van der Waals surface area contributed by atoms with E-state index < -0.39 is 0 Å². The Morgan fingerprint density at radius 3 is 2.57 bits per heavy atom. The lowest BCUT2D eigenvalue weighted by Gasteiger charge is -2.36. The van der Waals surface area contributed by atoms with Crippen LogP contribution in [0.25, 0.3) is 0 Å². The molecule has 4 nitrogen and oxygen atoms in total. The summed E-state index contributed by atoms with van der Waals surface area (Å²) in [5.41, 5.74) is 2.45. The van der Waals surface area contributed by atoms with Gasteiger partial charge in [0.1, 0.15) is 0 Å². The van der Waals surface area contributed by atoms with Crippen molar-refractivity contribution in [2.24, 2.45) is 5.92 Å². The number of likely N-dealkylation sites (N-methyl/N-ethyl adjacent to an activating group) is 1. The molecule has 0 aliphatic carbocycles. The van der Waals surface area contributed by atoms with Gasteiger partial charge in [0.15, 0.2) is 0 Å². The maximum Gasteiger partial charge on any atom is 0.223 e. The molecule has 23 heavy (non-hydrogen) atoms. The summed E-state index contributed by atoms with van der Waals surface area (Å²) in [6.07, 6.45) is 3.94. The van der Waals surface area contributed by atoms with Crippen molar-refractivity contribution in [3.05, 3.63) is 29.8 Å². The van der Waals surface area contributed by atoms with Crippen molar-refractivity contribution >= 4 is 11.6 Å². The zero-order valence-electron chi connectivity index (χ0n) is 14.7. The molecule has 0 unspecified atom stereocenters. The van der Waals surface area contributed by atoms with Crippen LogP contribution in [0.3, 0.4) is 0 Å². The first-order valence-corrected chi connectivity index (χ1v) is 8.77. The largest absolute Gasteiger partial charge is 0.378 e. The standard InChI is InChI=1S/C19H29N3O/c1-20(2)17-8-4-15(5-9-17)7-11-19(23)22-13-16-6-10-18(22)14-21(3)12-16/h4-5,8-9,16,18H,6-7,10-14H2,1-3H3/t16-,18+/m0/s1. The molecule has 4 rings (SSSR count). The Bertz CT molecular complexity index is 540. The van der Waals surface area contributed by atoms with E-state index in [0.717, 1.165) is 26.1 Å². The number of aryl methyl sites for hydroxylation is 1. The van der Waals surface area contributed by atoms with Gasteiger partial charge in [-0.15, -0.1) is 0 Å². The number of carbonyl (C=O) groups excluding carboxylic acids is 1. The van der Waals surface area contributed by atoms with Crippen molar-refractivity contribution in [3.8, 4) is 0 Å². The number of fused-ring (bicyclic) bond motifs is 4. The van der Waals surface area contributed by atoms with Crippen LogP contribution in [0.5, 0.6) is 0 Å². The van der Waals surface area contributed by atoms with Gasteiger partial charge >= 0.3 is 0 Å². The lowest BCUT2D eigenvalue weighted by molar-refractivity contribution is -0.135. The second kappa shape index (κ2) is 6.91. The third kappa shape index (κ3) is 3.86. The van der Waals surface area contributed by atoms with E-state index in [-0.39, 0.29) is 0 Å². The van der Waals surface area contributed by atoms with Crippen molar-refractivity contribution in [2.75, 3.05) is 45.7 Å². The fraction of sp³-hybridized carbons (Fsp3) is 0.632. The van der Waals surface area contributed by atoms with Gasteiger partial charge in [0.05, 0.1) is 0 Å². The van der Waals surface area contributed by atoms with Crippen LogP contribution in [0.1, 0.15) is 24.8 Å². The zero-order chi connectivity index (χ0) is 16.4. The highest BCUT2D eigenvalue weighted by atomic mass is 16.2. The smallest absolute Gasteiger partial charge is 0.223 e. The van der Waals surface area contributed by atoms with E-state index in [0.29, 0.717) is 24.3 Å². The Hall–Kier alpha value is -1.55. The summed E-state index contributed by atoms with van der Waals surface area (Å²) in [5, 5.41) is 0. The molecule has 0 spiro atoms. The molecule has 1 aromatic carbocycles. The number of amides is 1. The summed E-state index contributed by atoms with van der Waals surface area (Å²) in [5.74, 6) is 1.01. The Morgan fingerprint density at radius 2 is 1.87 bits per heavy atom. The van der Waals surface area contributed by atoms with Crippen LogP contribution >= 0.6 is 0 Å². The van der Waals surface area contributed by atoms with Crippen LogP contribution in [-0.2, 0) is 11.2 Å². The number of nitrogens with zero attached hydrogens (tertiary/aromatic N) is 3. The molecule has 126 valence electrons. The highest BCUT2D eigenvalue weighted by molar-refractivity contribution is 5.77. The molecule has 3 aliphatic rings. The molecule has 0 N–H and O–H groups in total. The van der Waals surface area contributed by atoms with E-state index >= 15 is 0 Å². The molecule has 1 amide bonds. The van der Waals surface area contributed by atoms with Crippen LogP contribution in [0.15, 0.2) is 24.3 Å². The quantitative estimate of drug-likeness (QED) is 0.852. The zero-order valence-corrected chi connectivity index (χ0v) is 14.7. The van der Waals surface area contributed by atoms with Crippen molar-refractivity contribution in [1.82, 2.24) is 9.80 Å². The molecule has 0 aromatic heterocycles. The number of hydrogen-bond donors (Lipinski definition) is 0. The molecule has 3 saturated heterocycles. The Kier molecular flexibility index (Phi) is 4.90. The molecule has 0 radical (unpaired) electrons. The topological polar surface area (TPSA) is 26.8 Å². The van der Waals surface area contributed by atoms with Crippen LogP contribution in [0.4, 0.5) is 5.69 Å². The lowest BCUT2D eigenvalue weighted by atomic mass is 9.94. The molecule has 3 heterocycles. The highest BCUT2D eigenvalue weighted by Crippen LogP contribution is 2.28. The molecular formula is C19H29N3O. The molecule has 1 aromatic rings. The van der Waals surface area contributed by atoms with Crippen LogP contribution in [0.2, 0.25) is 0 Å². The normalized spacial score (nSPS) is 24.6. The van der Waals surface area contributed by atoms with E-state index in [1.165, 1.54) is 24.1 Å². The number of piperidine rings is 1. The summed E-state index contributed by atoms with van der Waals surface area (Å²) in [6.45, 7) is 3.15. The molecule has 2 bridgehead atoms. The summed E-state index contributed by atoms with van der Waals surface area (Å²) < 4.78 is 0. The average Bonchev–Trinajstić information content (AvgIpc) is 2.81. The van der Waals surface area contributed by atoms with Crippen LogP contribution < -0.4 is 4.90 Å². The molecule has 3 aliphatic heterocycles. The van der Waals surface area contributed by atoms with E-state index in [4.69, 9.17) is 0 Å². The van der Waals surface area contributed by atoms with Gasteiger partial charge in [0.2, 0.25) is 5.91 Å². The van der Waals surface area contributed by atoms with E-state index in [1.807, 2.05) is 14.1 Å². The molecule has 2 atom stereocenters. The van der Waals surface area contributed by atoms with Gasteiger partial charge in [-0.2, -0.15) is 0 Å².